The number of hydrogen-bond acceptors (Lipinski definition) is 4. The van der Waals surface area contributed by atoms with Crippen molar-refractivity contribution in [2.45, 2.75) is 31.9 Å². The highest BCUT2D eigenvalue weighted by Gasteiger charge is 2.37. The van der Waals surface area contributed by atoms with E-state index in [2.05, 4.69) is 17.1 Å². The molecule has 136 valence electrons. The summed E-state index contributed by atoms with van der Waals surface area (Å²) < 4.78 is 5.99. The summed E-state index contributed by atoms with van der Waals surface area (Å²) in [6, 6.07) is 17.4. The lowest BCUT2D eigenvalue weighted by Gasteiger charge is -2.44. The molecule has 0 radical (unpaired) electrons. The highest BCUT2D eigenvalue weighted by Crippen LogP contribution is 2.31. The largest absolute Gasteiger partial charge is 0.459 e. The third-order valence-corrected chi connectivity index (χ3v) is 5.59. The first-order valence-corrected chi connectivity index (χ1v) is 9.50. The number of carbonyl (C=O) groups excluding carboxylic acids is 1. The van der Waals surface area contributed by atoms with Gasteiger partial charge in [-0.05, 0) is 56.5 Å². The second-order valence-corrected chi connectivity index (χ2v) is 7.47. The maximum Gasteiger partial charge on any atom is 0.333 e. The van der Waals surface area contributed by atoms with Crippen LogP contribution >= 0.6 is 0 Å². The second kappa shape index (κ2) is 7.50. The van der Waals surface area contributed by atoms with Gasteiger partial charge in [0.2, 0.25) is 0 Å². The van der Waals surface area contributed by atoms with Crippen molar-refractivity contribution in [1.29, 1.82) is 0 Å². The molecule has 0 aliphatic carbocycles. The molecule has 2 bridgehead atoms. The number of anilines is 1. The number of nitrogens with one attached hydrogen (secondary N) is 1. The molecule has 0 saturated carbocycles. The molecule has 3 saturated heterocycles. The van der Waals surface area contributed by atoms with E-state index in [1.807, 2.05) is 54.6 Å². The summed E-state index contributed by atoms with van der Waals surface area (Å²) in [6.45, 7) is 5.22. The van der Waals surface area contributed by atoms with Gasteiger partial charge in [-0.3, -0.25) is 4.90 Å². The van der Waals surface area contributed by atoms with E-state index < -0.39 is 6.04 Å². The van der Waals surface area contributed by atoms with E-state index in [1.165, 1.54) is 5.56 Å². The van der Waals surface area contributed by atoms with Crippen LogP contribution in [0.3, 0.4) is 0 Å². The van der Waals surface area contributed by atoms with E-state index in [4.69, 9.17) is 4.74 Å². The molecule has 2 unspecified atom stereocenters. The number of nitrogens with zero attached hydrogens (tertiary/aromatic N) is 1. The number of esters is 1. The highest BCUT2D eigenvalue weighted by molar-refractivity contribution is 5.81. The highest BCUT2D eigenvalue weighted by atomic mass is 16.5. The molecule has 3 aliphatic rings. The van der Waals surface area contributed by atoms with Crippen LogP contribution in [-0.4, -0.2) is 36.6 Å². The number of ether oxygens (including phenoxy) is 1. The number of rotatable bonds is 5. The topological polar surface area (TPSA) is 41.6 Å². The molecule has 2 aromatic carbocycles. The van der Waals surface area contributed by atoms with Crippen molar-refractivity contribution in [3.63, 3.8) is 0 Å². The Bertz CT molecular complexity index is 736. The van der Waals surface area contributed by atoms with Crippen molar-refractivity contribution in [2.75, 3.05) is 25.0 Å². The van der Waals surface area contributed by atoms with Gasteiger partial charge in [0, 0.05) is 12.2 Å². The first-order chi connectivity index (χ1) is 12.7. The van der Waals surface area contributed by atoms with Crippen molar-refractivity contribution >= 4 is 11.7 Å². The zero-order valence-electron chi connectivity index (χ0n) is 15.2. The molecule has 2 aromatic rings. The van der Waals surface area contributed by atoms with E-state index in [0.29, 0.717) is 5.92 Å². The lowest BCUT2D eigenvalue weighted by molar-refractivity contribution is -0.159. The van der Waals surface area contributed by atoms with Crippen LogP contribution in [0.1, 0.15) is 30.0 Å². The molecule has 3 aliphatic heterocycles. The molecule has 0 amide bonds. The molecule has 0 spiro atoms. The van der Waals surface area contributed by atoms with Crippen molar-refractivity contribution in [2.24, 2.45) is 5.92 Å². The van der Waals surface area contributed by atoms with Gasteiger partial charge in [0.1, 0.15) is 6.10 Å². The average molecular weight is 350 g/mol. The van der Waals surface area contributed by atoms with Gasteiger partial charge in [-0.1, -0.05) is 48.0 Å². The Morgan fingerprint density at radius 1 is 1.08 bits per heavy atom. The number of fused-ring (bicyclic) bond motifs is 3. The van der Waals surface area contributed by atoms with Gasteiger partial charge in [0.25, 0.3) is 0 Å². The van der Waals surface area contributed by atoms with Crippen LogP contribution in [-0.2, 0) is 9.53 Å². The maximum atomic E-state index is 13.1. The number of carbonyl (C=O) groups is 1. The van der Waals surface area contributed by atoms with Crippen LogP contribution in [0.5, 0.6) is 0 Å². The van der Waals surface area contributed by atoms with Crippen molar-refractivity contribution < 1.29 is 9.53 Å². The van der Waals surface area contributed by atoms with Crippen LogP contribution in [0, 0.1) is 12.8 Å². The zero-order valence-corrected chi connectivity index (χ0v) is 15.2. The Balaban J connectivity index is 1.52. The molecule has 3 fully saturated rings. The summed E-state index contributed by atoms with van der Waals surface area (Å²) in [6.07, 6.45) is 2.30. The quantitative estimate of drug-likeness (QED) is 0.833. The van der Waals surface area contributed by atoms with Crippen molar-refractivity contribution in [1.82, 2.24) is 4.90 Å². The monoisotopic (exact) mass is 350 g/mol. The van der Waals surface area contributed by atoms with Crippen LogP contribution in [0.2, 0.25) is 0 Å². The van der Waals surface area contributed by atoms with Gasteiger partial charge in [-0.25, -0.2) is 4.79 Å². The van der Waals surface area contributed by atoms with Crippen LogP contribution in [0.25, 0.3) is 0 Å². The first kappa shape index (κ1) is 17.1. The fraction of sp³-hybridized carbons (Fsp3) is 0.409. The predicted molar refractivity (Wildman–Crippen MR) is 103 cm³/mol. The Labute approximate surface area is 155 Å². The molecular weight excluding hydrogens is 324 g/mol. The minimum Gasteiger partial charge on any atom is -0.459 e. The third kappa shape index (κ3) is 3.75. The molecule has 0 aromatic heterocycles. The normalized spacial score (nSPS) is 25.5. The summed E-state index contributed by atoms with van der Waals surface area (Å²) in [5, 5.41) is 3.37. The first-order valence-electron chi connectivity index (χ1n) is 9.50. The summed E-state index contributed by atoms with van der Waals surface area (Å²) >= 11 is 0. The Kier molecular flexibility index (Phi) is 4.93. The standard InChI is InChI=1S/C22H26N2O2/c1-16-7-9-19(10-8-16)23-21(18-5-3-2-4-6-18)22(25)26-20-15-24-13-11-17(20)12-14-24/h2-10,17,20-21,23H,11-15H2,1H3. The SMILES string of the molecule is Cc1ccc(NC(C(=O)OC2CN3CCC2CC3)c2ccccc2)cc1. The smallest absolute Gasteiger partial charge is 0.333 e. The molecule has 2 atom stereocenters. The van der Waals surface area contributed by atoms with Gasteiger partial charge in [0.15, 0.2) is 6.04 Å². The molecule has 3 heterocycles. The fourth-order valence-corrected chi connectivity index (χ4v) is 4.00. The van der Waals surface area contributed by atoms with Gasteiger partial charge in [-0.2, -0.15) is 0 Å². The zero-order chi connectivity index (χ0) is 17.9. The number of piperidine rings is 3. The number of hydrogen-bond donors (Lipinski definition) is 1. The minimum atomic E-state index is -0.491. The third-order valence-electron chi connectivity index (χ3n) is 5.59. The Morgan fingerprint density at radius 3 is 2.38 bits per heavy atom. The Morgan fingerprint density at radius 2 is 1.77 bits per heavy atom. The van der Waals surface area contributed by atoms with Crippen LogP contribution < -0.4 is 5.32 Å². The fourth-order valence-electron chi connectivity index (χ4n) is 4.00. The predicted octanol–water partition coefficient (Wildman–Crippen LogP) is 3.79. The summed E-state index contributed by atoms with van der Waals surface area (Å²) in [5.41, 5.74) is 3.05. The Hall–Kier alpha value is -2.33. The molecule has 26 heavy (non-hydrogen) atoms. The summed E-state index contributed by atoms with van der Waals surface area (Å²) in [7, 11) is 0. The van der Waals surface area contributed by atoms with Gasteiger partial charge < -0.3 is 10.1 Å². The van der Waals surface area contributed by atoms with E-state index in [1.54, 1.807) is 0 Å². The number of aryl methyl sites for hydroxylation is 1. The van der Waals surface area contributed by atoms with E-state index in [-0.39, 0.29) is 12.1 Å². The maximum absolute atomic E-state index is 13.1. The summed E-state index contributed by atoms with van der Waals surface area (Å²) in [5.74, 6) is 0.329. The lowest BCUT2D eigenvalue weighted by Crippen LogP contribution is -2.52. The van der Waals surface area contributed by atoms with Crippen LogP contribution in [0.4, 0.5) is 5.69 Å². The minimum absolute atomic E-state index is 0.0241. The molecule has 5 rings (SSSR count). The van der Waals surface area contributed by atoms with Crippen LogP contribution in [0.15, 0.2) is 54.6 Å². The number of benzene rings is 2. The molecule has 4 heteroatoms. The van der Waals surface area contributed by atoms with E-state index in [9.17, 15) is 4.79 Å². The molecule has 1 N–H and O–H groups in total. The second-order valence-electron chi connectivity index (χ2n) is 7.47. The van der Waals surface area contributed by atoms with Crippen molar-refractivity contribution in [3.05, 3.63) is 65.7 Å². The van der Waals surface area contributed by atoms with E-state index in [0.717, 1.165) is 43.7 Å². The average Bonchev–Trinajstić information content (AvgIpc) is 2.69. The molecule has 4 nitrogen and oxygen atoms in total. The van der Waals surface area contributed by atoms with Gasteiger partial charge >= 0.3 is 5.97 Å². The lowest BCUT2D eigenvalue weighted by atomic mass is 9.86. The van der Waals surface area contributed by atoms with Crippen molar-refractivity contribution in [3.8, 4) is 0 Å². The van der Waals surface area contributed by atoms with E-state index >= 15 is 0 Å². The van der Waals surface area contributed by atoms with Gasteiger partial charge in [0.05, 0.1) is 0 Å². The van der Waals surface area contributed by atoms with Gasteiger partial charge in [-0.15, -0.1) is 0 Å². The summed E-state index contributed by atoms with van der Waals surface area (Å²) in [4.78, 5) is 15.5. The molecular formula is C22H26N2O2.